The fourth-order valence-electron chi connectivity index (χ4n) is 3.82. The summed E-state index contributed by atoms with van der Waals surface area (Å²) in [6.45, 7) is 3.37. The number of hydrogen-bond donors (Lipinski definition) is 0. The van der Waals surface area contributed by atoms with Crippen molar-refractivity contribution in [2.45, 2.75) is 13.0 Å². The van der Waals surface area contributed by atoms with Crippen LogP contribution >= 0.6 is 0 Å². The Labute approximate surface area is 188 Å². The van der Waals surface area contributed by atoms with Crippen molar-refractivity contribution in [2.75, 3.05) is 38.2 Å². The first-order chi connectivity index (χ1) is 15.6. The molecule has 1 saturated heterocycles. The van der Waals surface area contributed by atoms with Crippen LogP contribution in [-0.2, 0) is 6.61 Å². The highest BCUT2D eigenvalue weighted by molar-refractivity contribution is 5.94. The first kappa shape index (κ1) is 21.7. The van der Waals surface area contributed by atoms with Crippen LogP contribution in [0.5, 0.6) is 11.5 Å². The maximum absolute atomic E-state index is 13.1. The molecule has 6 heteroatoms. The Morgan fingerprint density at radius 3 is 2.44 bits per heavy atom. The number of ether oxygens (including phenoxy) is 2. The van der Waals surface area contributed by atoms with Crippen LogP contribution in [0.2, 0.25) is 0 Å². The van der Waals surface area contributed by atoms with E-state index < -0.39 is 0 Å². The van der Waals surface area contributed by atoms with Gasteiger partial charge < -0.3 is 19.3 Å². The maximum atomic E-state index is 13.1. The van der Waals surface area contributed by atoms with Gasteiger partial charge >= 0.3 is 0 Å². The molecule has 0 unspecified atom stereocenters. The van der Waals surface area contributed by atoms with Crippen molar-refractivity contribution in [1.29, 1.82) is 0 Å². The molecule has 1 heterocycles. The lowest BCUT2D eigenvalue weighted by Gasteiger charge is -2.24. The van der Waals surface area contributed by atoms with Crippen LogP contribution in [0.3, 0.4) is 0 Å². The van der Waals surface area contributed by atoms with Gasteiger partial charge in [-0.3, -0.25) is 4.79 Å². The van der Waals surface area contributed by atoms with E-state index >= 15 is 0 Å². The molecule has 1 aliphatic rings. The van der Waals surface area contributed by atoms with Crippen LogP contribution in [0.25, 0.3) is 0 Å². The van der Waals surface area contributed by atoms with Crippen LogP contribution in [0.4, 0.5) is 10.1 Å². The number of hydrogen-bond acceptors (Lipinski definition) is 4. The lowest BCUT2D eigenvalue weighted by Crippen LogP contribution is -2.35. The maximum Gasteiger partial charge on any atom is 0.254 e. The highest BCUT2D eigenvalue weighted by atomic mass is 19.1. The molecule has 0 radical (unpaired) electrons. The average molecular weight is 435 g/mol. The Hall–Kier alpha value is -3.54. The molecule has 0 spiro atoms. The van der Waals surface area contributed by atoms with Crippen LogP contribution in [0.1, 0.15) is 22.3 Å². The molecular formula is C26H27FN2O3. The Morgan fingerprint density at radius 1 is 0.906 bits per heavy atom. The summed E-state index contributed by atoms with van der Waals surface area (Å²) in [5, 5.41) is 0. The average Bonchev–Trinajstić information content (AvgIpc) is 3.10. The Morgan fingerprint density at radius 2 is 1.69 bits per heavy atom. The molecule has 0 N–H and O–H groups in total. The predicted octanol–water partition coefficient (Wildman–Crippen LogP) is 4.77. The summed E-state index contributed by atoms with van der Waals surface area (Å²) in [5.41, 5.74) is 2.62. The van der Waals surface area contributed by atoms with Crippen molar-refractivity contribution >= 4 is 11.6 Å². The normalized spacial score (nSPS) is 14.1. The van der Waals surface area contributed by atoms with E-state index in [0.717, 1.165) is 36.5 Å². The number of amides is 1. The molecule has 5 nitrogen and oxygen atoms in total. The lowest BCUT2D eigenvalue weighted by molar-refractivity contribution is 0.0766. The van der Waals surface area contributed by atoms with E-state index in [1.807, 2.05) is 35.2 Å². The SMILES string of the molecule is COc1ccc(N2CCCN(C(=O)c3cccc(OCc4ccc(F)cc4)c3)CC2)cc1. The second kappa shape index (κ2) is 10.2. The highest BCUT2D eigenvalue weighted by Crippen LogP contribution is 2.22. The van der Waals surface area contributed by atoms with Crippen molar-refractivity contribution in [3.05, 3.63) is 89.7 Å². The van der Waals surface area contributed by atoms with Gasteiger partial charge in [-0.2, -0.15) is 0 Å². The van der Waals surface area contributed by atoms with E-state index in [-0.39, 0.29) is 11.7 Å². The van der Waals surface area contributed by atoms with Gasteiger partial charge in [0.05, 0.1) is 7.11 Å². The molecule has 0 saturated carbocycles. The number of nitrogens with zero attached hydrogens (tertiary/aromatic N) is 2. The van der Waals surface area contributed by atoms with E-state index in [1.165, 1.54) is 12.1 Å². The van der Waals surface area contributed by atoms with Crippen molar-refractivity contribution in [3.8, 4) is 11.5 Å². The Kier molecular flexibility index (Phi) is 6.90. The van der Waals surface area contributed by atoms with E-state index in [9.17, 15) is 9.18 Å². The first-order valence-electron chi connectivity index (χ1n) is 10.8. The summed E-state index contributed by atoms with van der Waals surface area (Å²) in [4.78, 5) is 17.3. The molecule has 1 amide bonds. The summed E-state index contributed by atoms with van der Waals surface area (Å²) in [5.74, 6) is 1.19. The number of rotatable bonds is 6. The van der Waals surface area contributed by atoms with Crippen molar-refractivity contribution in [2.24, 2.45) is 0 Å². The van der Waals surface area contributed by atoms with Gasteiger partial charge in [0, 0.05) is 37.4 Å². The molecule has 1 fully saturated rings. The zero-order chi connectivity index (χ0) is 22.3. The van der Waals surface area contributed by atoms with Crippen LogP contribution in [0.15, 0.2) is 72.8 Å². The largest absolute Gasteiger partial charge is 0.497 e. The predicted molar refractivity (Wildman–Crippen MR) is 123 cm³/mol. The van der Waals surface area contributed by atoms with Gasteiger partial charge in [-0.25, -0.2) is 4.39 Å². The molecule has 0 bridgehead atoms. The van der Waals surface area contributed by atoms with E-state index in [4.69, 9.17) is 9.47 Å². The quantitative estimate of drug-likeness (QED) is 0.561. The van der Waals surface area contributed by atoms with Crippen LogP contribution in [-0.4, -0.2) is 44.1 Å². The van der Waals surface area contributed by atoms with E-state index in [2.05, 4.69) is 17.0 Å². The molecule has 0 aromatic heterocycles. The van der Waals surface area contributed by atoms with Gasteiger partial charge in [0.15, 0.2) is 0 Å². The first-order valence-corrected chi connectivity index (χ1v) is 10.8. The number of anilines is 1. The van der Waals surface area contributed by atoms with Crippen LogP contribution in [0, 0.1) is 5.82 Å². The minimum Gasteiger partial charge on any atom is -0.497 e. The molecule has 0 atom stereocenters. The Bertz CT molecular complexity index is 1040. The monoisotopic (exact) mass is 434 g/mol. The third-order valence-electron chi connectivity index (χ3n) is 5.62. The third kappa shape index (κ3) is 5.38. The smallest absolute Gasteiger partial charge is 0.254 e. The number of carbonyl (C=O) groups excluding carboxylic acids is 1. The Balaban J connectivity index is 1.37. The molecule has 0 aliphatic carbocycles. The van der Waals surface area contributed by atoms with Crippen LogP contribution < -0.4 is 14.4 Å². The zero-order valence-corrected chi connectivity index (χ0v) is 18.2. The number of carbonyl (C=O) groups is 1. The summed E-state index contributed by atoms with van der Waals surface area (Å²) in [6, 6.07) is 21.5. The zero-order valence-electron chi connectivity index (χ0n) is 18.2. The van der Waals surface area contributed by atoms with Gasteiger partial charge in [0.1, 0.15) is 23.9 Å². The number of methoxy groups -OCH3 is 1. The molecule has 4 rings (SSSR count). The number of halogens is 1. The minimum atomic E-state index is -0.274. The van der Waals surface area contributed by atoms with Crippen molar-refractivity contribution in [1.82, 2.24) is 4.90 Å². The molecule has 3 aromatic carbocycles. The fourth-order valence-corrected chi connectivity index (χ4v) is 3.82. The summed E-state index contributed by atoms with van der Waals surface area (Å²) in [7, 11) is 1.66. The van der Waals surface area contributed by atoms with Gasteiger partial charge in [0.2, 0.25) is 0 Å². The summed E-state index contributed by atoms with van der Waals surface area (Å²) >= 11 is 0. The van der Waals surface area contributed by atoms with E-state index in [0.29, 0.717) is 31.0 Å². The molecule has 1 aliphatic heterocycles. The summed E-state index contributed by atoms with van der Waals surface area (Å²) in [6.07, 6.45) is 0.901. The fraction of sp³-hybridized carbons (Fsp3) is 0.269. The van der Waals surface area contributed by atoms with Gasteiger partial charge in [-0.1, -0.05) is 18.2 Å². The van der Waals surface area contributed by atoms with Gasteiger partial charge in [-0.05, 0) is 66.6 Å². The second-order valence-corrected chi connectivity index (χ2v) is 7.77. The van der Waals surface area contributed by atoms with Gasteiger partial charge in [0.25, 0.3) is 5.91 Å². The molecule has 3 aromatic rings. The molecule has 166 valence electrons. The topological polar surface area (TPSA) is 42.0 Å². The van der Waals surface area contributed by atoms with Crippen molar-refractivity contribution in [3.63, 3.8) is 0 Å². The highest BCUT2D eigenvalue weighted by Gasteiger charge is 2.21. The number of benzene rings is 3. The standard InChI is InChI=1S/C26H27FN2O3/c1-31-24-12-10-23(11-13-24)28-14-3-15-29(17-16-28)26(30)21-4-2-5-25(18-21)32-19-20-6-8-22(27)9-7-20/h2,4-13,18H,3,14-17,19H2,1H3. The van der Waals surface area contributed by atoms with E-state index in [1.54, 1.807) is 25.3 Å². The lowest BCUT2D eigenvalue weighted by atomic mass is 10.2. The summed E-state index contributed by atoms with van der Waals surface area (Å²) < 4.78 is 24.1. The second-order valence-electron chi connectivity index (χ2n) is 7.77. The minimum absolute atomic E-state index is 0.00816. The third-order valence-corrected chi connectivity index (χ3v) is 5.62. The molecule has 32 heavy (non-hydrogen) atoms. The van der Waals surface area contributed by atoms with Crippen molar-refractivity contribution < 1.29 is 18.7 Å². The van der Waals surface area contributed by atoms with Gasteiger partial charge in [-0.15, -0.1) is 0 Å². The molecular weight excluding hydrogens is 407 g/mol.